The van der Waals surface area contributed by atoms with Gasteiger partial charge in [0.1, 0.15) is 6.04 Å². The number of nitrogens with one attached hydrogen (secondary N) is 2. The molecular formula is C14H18N4O3. The normalized spacial score (nSPS) is 17.4. The molecule has 4 N–H and O–H groups in total. The Labute approximate surface area is 122 Å². The molecule has 1 aromatic rings. The lowest BCUT2D eigenvalue weighted by atomic mass is 10.2. The first-order valence-corrected chi connectivity index (χ1v) is 6.72. The van der Waals surface area contributed by atoms with E-state index in [1.165, 1.54) is 11.8 Å². The molecule has 1 unspecified atom stereocenters. The fraction of sp³-hybridized carbons (Fsp3) is 0.357. The number of carbonyl (C=O) groups is 3. The highest BCUT2D eigenvalue weighted by molar-refractivity contribution is 5.97. The van der Waals surface area contributed by atoms with Crippen LogP contribution in [0.2, 0.25) is 0 Å². The molecule has 0 aliphatic carbocycles. The highest BCUT2D eigenvalue weighted by Gasteiger charge is 2.32. The van der Waals surface area contributed by atoms with Crippen LogP contribution in [0, 0.1) is 0 Å². The SMILES string of the molecule is CC(=O)Nc1ccc(NC(=O)C2CCCN2C(N)=O)cc1. The topological polar surface area (TPSA) is 105 Å². The summed E-state index contributed by atoms with van der Waals surface area (Å²) in [6.45, 7) is 1.93. The molecule has 112 valence electrons. The summed E-state index contributed by atoms with van der Waals surface area (Å²) in [5.41, 5.74) is 6.51. The van der Waals surface area contributed by atoms with Gasteiger partial charge in [0.15, 0.2) is 0 Å². The summed E-state index contributed by atoms with van der Waals surface area (Å²) in [7, 11) is 0. The smallest absolute Gasteiger partial charge is 0.315 e. The summed E-state index contributed by atoms with van der Waals surface area (Å²) >= 11 is 0. The van der Waals surface area contributed by atoms with Crippen LogP contribution in [0.3, 0.4) is 0 Å². The number of likely N-dealkylation sites (tertiary alicyclic amines) is 1. The average molecular weight is 290 g/mol. The van der Waals surface area contributed by atoms with Crippen molar-refractivity contribution in [2.75, 3.05) is 17.2 Å². The van der Waals surface area contributed by atoms with Crippen LogP contribution < -0.4 is 16.4 Å². The first-order valence-electron chi connectivity index (χ1n) is 6.72. The van der Waals surface area contributed by atoms with Gasteiger partial charge >= 0.3 is 6.03 Å². The molecule has 1 fully saturated rings. The maximum atomic E-state index is 12.2. The molecule has 2 rings (SSSR count). The summed E-state index contributed by atoms with van der Waals surface area (Å²) in [5.74, 6) is -0.409. The molecule has 0 aromatic heterocycles. The Hall–Kier alpha value is -2.57. The van der Waals surface area contributed by atoms with Crippen LogP contribution in [0.1, 0.15) is 19.8 Å². The fourth-order valence-electron chi connectivity index (χ4n) is 2.37. The number of nitrogens with two attached hydrogens (primary N) is 1. The van der Waals surface area contributed by atoms with Crippen LogP contribution in [-0.2, 0) is 9.59 Å². The number of benzene rings is 1. The van der Waals surface area contributed by atoms with Crippen molar-refractivity contribution in [3.05, 3.63) is 24.3 Å². The summed E-state index contributed by atoms with van der Waals surface area (Å²) < 4.78 is 0. The van der Waals surface area contributed by atoms with E-state index in [0.29, 0.717) is 24.3 Å². The van der Waals surface area contributed by atoms with Crippen molar-refractivity contribution in [2.24, 2.45) is 5.73 Å². The van der Waals surface area contributed by atoms with Crippen LogP contribution in [-0.4, -0.2) is 35.3 Å². The second-order valence-corrected chi connectivity index (χ2v) is 4.94. The number of anilines is 2. The maximum Gasteiger partial charge on any atom is 0.315 e. The monoisotopic (exact) mass is 290 g/mol. The van der Waals surface area contributed by atoms with Crippen molar-refractivity contribution in [1.82, 2.24) is 4.90 Å². The third kappa shape index (κ3) is 3.71. The number of hydrogen-bond donors (Lipinski definition) is 3. The van der Waals surface area contributed by atoms with Gasteiger partial charge in [0.2, 0.25) is 11.8 Å². The zero-order chi connectivity index (χ0) is 15.4. The van der Waals surface area contributed by atoms with Crippen molar-refractivity contribution in [3.63, 3.8) is 0 Å². The number of carbonyl (C=O) groups excluding carboxylic acids is 3. The molecule has 1 heterocycles. The van der Waals surface area contributed by atoms with Gasteiger partial charge in [0.25, 0.3) is 0 Å². The lowest BCUT2D eigenvalue weighted by Crippen LogP contribution is -2.45. The van der Waals surface area contributed by atoms with Gasteiger partial charge in [-0.15, -0.1) is 0 Å². The van der Waals surface area contributed by atoms with E-state index in [0.717, 1.165) is 6.42 Å². The largest absolute Gasteiger partial charge is 0.351 e. The summed E-state index contributed by atoms with van der Waals surface area (Å²) in [6, 6.07) is 5.67. The van der Waals surface area contributed by atoms with Crippen LogP contribution in [0.15, 0.2) is 24.3 Å². The standard InChI is InChI=1S/C14H18N4O3/c1-9(19)16-10-4-6-11(7-5-10)17-13(20)12-3-2-8-18(12)14(15)21/h4-7,12H,2-3,8H2,1H3,(H2,15,21)(H,16,19)(H,17,20). The minimum absolute atomic E-state index is 0.158. The third-order valence-electron chi connectivity index (χ3n) is 3.31. The van der Waals surface area contributed by atoms with Gasteiger partial charge < -0.3 is 21.3 Å². The minimum atomic E-state index is -0.575. The molecule has 1 aromatic carbocycles. The molecule has 7 heteroatoms. The van der Waals surface area contributed by atoms with Gasteiger partial charge in [-0.25, -0.2) is 4.79 Å². The number of amides is 4. The van der Waals surface area contributed by atoms with E-state index >= 15 is 0 Å². The van der Waals surface area contributed by atoms with E-state index in [4.69, 9.17) is 5.73 Å². The Morgan fingerprint density at radius 3 is 2.24 bits per heavy atom. The van der Waals surface area contributed by atoms with Crippen molar-refractivity contribution < 1.29 is 14.4 Å². The van der Waals surface area contributed by atoms with Crippen molar-refractivity contribution in [2.45, 2.75) is 25.8 Å². The molecule has 7 nitrogen and oxygen atoms in total. The van der Waals surface area contributed by atoms with E-state index in [1.54, 1.807) is 24.3 Å². The fourth-order valence-corrected chi connectivity index (χ4v) is 2.37. The Kier molecular flexibility index (Phi) is 4.42. The number of primary amides is 1. The van der Waals surface area contributed by atoms with Crippen LogP contribution in [0.25, 0.3) is 0 Å². The zero-order valence-corrected chi connectivity index (χ0v) is 11.8. The second kappa shape index (κ2) is 6.25. The number of hydrogen-bond acceptors (Lipinski definition) is 3. The van der Waals surface area contributed by atoms with Gasteiger partial charge in [-0.1, -0.05) is 0 Å². The van der Waals surface area contributed by atoms with E-state index in [9.17, 15) is 14.4 Å². The molecule has 0 saturated carbocycles. The molecule has 0 bridgehead atoms. The summed E-state index contributed by atoms with van der Waals surface area (Å²) in [5, 5.41) is 5.39. The first-order chi connectivity index (χ1) is 9.97. The predicted molar refractivity (Wildman–Crippen MR) is 78.7 cm³/mol. The molecule has 1 saturated heterocycles. The number of urea groups is 1. The zero-order valence-electron chi connectivity index (χ0n) is 11.8. The number of nitrogens with zero attached hydrogens (tertiary/aromatic N) is 1. The summed E-state index contributed by atoms with van der Waals surface area (Å²) in [6.07, 6.45) is 1.38. The molecule has 0 radical (unpaired) electrons. The Morgan fingerprint density at radius 1 is 1.14 bits per heavy atom. The number of rotatable bonds is 3. The highest BCUT2D eigenvalue weighted by atomic mass is 16.2. The Bertz CT molecular complexity index is 556. The van der Waals surface area contributed by atoms with Gasteiger partial charge in [-0.2, -0.15) is 0 Å². The molecule has 1 aliphatic heterocycles. The van der Waals surface area contributed by atoms with Crippen LogP contribution in [0.4, 0.5) is 16.2 Å². The highest BCUT2D eigenvalue weighted by Crippen LogP contribution is 2.19. The average Bonchev–Trinajstić information content (AvgIpc) is 2.90. The van der Waals surface area contributed by atoms with Crippen LogP contribution in [0.5, 0.6) is 0 Å². The van der Waals surface area contributed by atoms with Gasteiger partial charge in [-0.3, -0.25) is 9.59 Å². The minimum Gasteiger partial charge on any atom is -0.351 e. The maximum absolute atomic E-state index is 12.2. The predicted octanol–water partition coefficient (Wildman–Crippen LogP) is 1.13. The quantitative estimate of drug-likeness (QED) is 0.777. The summed E-state index contributed by atoms with van der Waals surface area (Å²) in [4.78, 5) is 35.7. The molecule has 0 spiro atoms. The molecule has 1 atom stereocenters. The van der Waals surface area contributed by atoms with Gasteiger partial charge in [0, 0.05) is 24.8 Å². The van der Waals surface area contributed by atoms with Gasteiger partial charge in [-0.05, 0) is 37.1 Å². The molecule has 1 aliphatic rings. The Balaban J connectivity index is 1.99. The van der Waals surface area contributed by atoms with Crippen molar-refractivity contribution in [3.8, 4) is 0 Å². The lowest BCUT2D eigenvalue weighted by Gasteiger charge is -2.21. The Morgan fingerprint density at radius 2 is 1.71 bits per heavy atom. The second-order valence-electron chi connectivity index (χ2n) is 4.94. The molecular weight excluding hydrogens is 272 g/mol. The van der Waals surface area contributed by atoms with Crippen molar-refractivity contribution >= 4 is 29.2 Å². The third-order valence-corrected chi connectivity index (χ3v) is 3.31. The van der Waals surface area contributed by atoms with Crippen molar-refractivity contribution in [1.29, 1.82) is 0 Å². The molecule has 4 amide bonds. The van der Waals surface area contributed by atoms with E-state index in [1.807, 2.05) is 0 Å². The first kappa shape index (κ1) is 14.8. The van der Waals surface area contributed by atoms with Crippen LogP contribution >= 0.6 is 0 Å². The van der Waals surface area contributed by atoms with Gasteiger partial charge in [0.05, 0.1) is 0 Å². The van der Waals surface area contributed by atoms with E-state index < -0.39 is 12.1 Å². The van der Waals surface area contributed by atoms with E-state index in [2.05, 4.69) is 10.6 Å². The van der Waals surface area contributed by atoms with E-state index in [-0.39, 0.29) is 11.8 Å². The molecule has 21 heavy (non-hydrogen) atoms. The lowest BCUT2D eigenvalue weighted by molar-refractivity contribution is -0.119.